The van der Waals surface area contributed by atoms with Gasteiger partial charge < -0.3 is 24.3 Å². The van der Waals surface area contributed by atoms with Gasteiger partial charge in [0.1, 0.15) is 17.1 Å². The Bertz CT molecular complexity index is 1440. The number of rotatable bonds is 4. The molecule has 4 aromatic rings. The monoisotopic (exact) mass is 503 g/mol. The maximum absolute atomic E-state index is 12.0. The molecule has 4 aromatic heterocycles. The number of amides is 1. The van der Waals surface area contributed by atoms with Crippen molar-refractivity contribution in [3.63, 3.8) is 0 Å². The van der Waals surface area contributed by atoms with Gasteiger partial charge in [-0.15, -0.1) is 0 Å². The molecule has 0 bridgehead atoms. The average Bonchev–Trinajstić information content (AvgIpc) is 3.58. The highest BCUT2D eigenvalue weighted by molar-refractivity contribution is 5.88. The van der Waals surface area contributed by atoms with E-state index in [1.807, 2.05) is 50.8 Å². The van der Waals surface area contributed by atoms with Crippen LogP contribution in [0.25, 0.3) is 16.7 Å². The summed E-state index contributed by atoms with van der Waals surface area (Å²) in [4.78, 5) is 30.7. The smallest absolute Gasteiger partial charge is 0.227 e. The van der Waals surface area contributed by atoms with Crippen molar-refractivity contribution in [3.8, 4) is 0 Å². The van der Waals surface area contributed by atoms with E-state index in [4.69, 9.17) is 19.8 Å². The number of hydrogen-bond acceptors (Lipinski definition) is 8. The fourth-order valence-electron chi connectivity index (χ4n) is 5.33. The van der Waals surface area contributed by atoms with E-state index in [1.54, 1.807) is 6.92 Å². The Morgan fingerprint density at radius 1 is 1.16 bits per heavy atom. The number of carbonyl (C=O) groups excluding carboxylic acids is 1. The van der Waals surface area contributed by atoms with Gasteiger partial charge in [0.05, 0.1) is 49.1 Å². The summed E-state index contributed by atoms with van der Waals surface area (Å²) in [5.74, 6) is 1.46. The van der Waals surface area contributed by atoms with Gasteiger partial charge in [-0.05, 0) is 39.3 Å². The molecule has 2 aliphatic rings. The molecule has 6 rings (SSSR count). The molecule has 1 unspecified atom stereocenters. The molecular formula is C26H33N9O2. The van der Waals surface area contributed by atoms with Crippen molar-refractivity contribution in [2.24, 2.45) is 0 Å². The maximum Gasteiger partial charge on any atom is 0.227 e. The van der Waals surface area contributed by atoms with Crippen LogP contribution in [0.3, 0.4) is 0 Å². The van der Waals surface area contributed by atoms with E-state index in [1.165, 1.54) is 0 Å². The largest absolute Gasteiger partial charge is 0.369 e. The van der Waals surface area contributed by atoms with Gasteiger partial charge in [0.25, 0.3) is 0 Å². The number of carbonyl (C=O) groups is 1. The zero-order chi connectivity index (χ0) is 25.8. The predicted octanol–water partition coefficient (Wildman–Crippen LogP) is 2.67. The topological polar surface area (TPSA) is 106 Å². The van der Waals surface area contributed by atoms with Gasteiger partial charge in [-0.3, -0.25) is 4.79 Å². The van der Waals surface area contributed by atoms with Crippen LogP contribution >= 0.6 is 0 Å². The lowest BCUT2D eigenvalue weighted by molar-refractivity contribution is -0.129. The van der Waals surface area contributed by atoms with E-state index in [0.29, 0.717) is 38.7 Å². The predicted molar refractivity (Wildman–Crippen MR) is 141 cm³/mol. The number of morpholine rings is 1. The SMILES string of the molecule is CC(=O)N1CCC2(C1)CN(c1nc(NCc3cn4ccccc4n3)nc3c1cnn3C(C)(C)C)CCO2. The van der Waals surface area contributed by atoms with Crippen molar-refractivity contribution in [2.75, 3.05) is 43.0 Å². The van der Waals surface area contributed by atoms with Crippen LogP contribution in [0.1, 0.15) is 39.8 Å². The van der Waals surface area contributed by atoms with Crippen LogP contribution in [0.15, 0.2) is 36.8 Å². The van der Waals surface area contributed by atoms with Gasteiger partial charge in [-0.2, -0.15) is 15.1 Å². The van der Waals surface area contributed by atoms with Crippen LogP contribution in [0.2, 0.25) is 0 Å². The van der Waals surface area contributed by atoms with E-state index in [0.717, 1.165) is 41.2 Å². The first kappa shape index (κ1) is 23.7. The highest BCUT2D eigenvalue weighted by Gasteiger charge is 2.44. The van der Waals surface area contributed by atoms with Gasteiger partial charge in [-0.1, -0.05) is 6.07 Å². The third-order valence-corrected chi connectivity index (χ3v) is 7.19. The Hall–Kier alpha value is -3.73. The highest BCUT2D eigenvalue weighted by atomic mass is 16.5. The third-order valence-electron chi connectivity index (χ3n) is 7.19. The molecule has 1 amide bonds. The molecular weight excluding hydrogens is 470 g/mol. The van der Waals surface area contributed by atoms with E-state index in [2.05, 4.69) is 36.0 Å². The second-order valence-electron chi connectivity index (χ2n) is 11.0. The lowest BCUT2D eigenvalue weighted by atomic mass is 10.0. The maximum atomic E-state index is 12.0. The molecule has 1 spiro atoms. The van der Waals surface area contributed by atoms with Crippen LogP contribution < -0.4 is 10.2 Å². The molecule has 2 fully saturated rings. The third kappa shape index (κ3) is 4.37. The second kappa shape index (κ2) is 8.69. The normalized spacial score (nSPS) is 20.4. The first-order valence-electron chi connectivity index (χ1n) is 12.8. The number of anilines is 2. The van der Waals surface area contributed by atoms with Crippen LogP contribution in [0, 0.1) is 0 Å². The van der Waals surface area contributed by atoms with E-state index in [9.17, 15) is 4.79 Å². The van der Waals surface area contributed by atoms with Gasteiger partial charge in [-0.25, -0.2) is 9.67 Å². The Labute approximate surface area is 215 Å². The van der Waals surface area contributed by atoms with Crippen molar-refractivity contribution in [3.05, 3.63) is 42.5 Å². The lowest BCUT2D eigenvalue weighted by Crippen LogP contribution is -2.54. The molecule has 1 atom stereocenters. The van der Waals surface area contributed by atoms with Crippen molar-refractivity contribution in [1.29, 1.82) is 0 Å². The Morgan fingerprint density at radius 2 is 2.03 bits per heavy atom. The van der Waals surface area contributed by atoms with Crippen molar-refractivity contribution >= 4 is 34.4 Å². The van der Waals surface area contributed by atoms with Crippen molar-refractivity contribution in [2.45, 2.75) is 51.8 Å². The van der Waals surface area contributed by atoms with Crippen LogP contribution in [-0.4, -0.2) is 78.3 Å². The molecule has 2 aliphatic heterocycles. The van der Waals surface area contributed by atoms with Gasteiger partial charge in [0.15, 0.2) is 5.65 Å². The molecule has 194 valence electrons. The molecule has 37 heavy (non-hydrogen) atoms. The quantitative estimate of drug-likeness (QED) is 0.453. The Balaban J connectivity index is 1.34. The van der Waals surface area contributed by atoms with Crippen LogP contribution in [0.5, 0.6) is 0 Å². The van der Waals surface area contributed by atoms with Crippen LogP contribution in [-0.2, 0) is 21.6 Å². The average molecular weight is 504 g/mol. The van der Waals surface area contributed by atoms with Crippen LogP contribution in [0.4, 0.5) is 11.8 Å². The van der Waals surface area contributed by atoms with E-state index >= 15 is 0 Å². The van der Waals surface area contributed by atoms with Gasteiger partial charge >= 0.3 is 0 Å². The molecule has 2 saturated heterocycles. The fourth-order valence-corrected chi connectivity index (χ4v) is 5.33. The molecule has 0 radical (unpaired) electrons. The zero-order valence-electron chi connectivity index (χ0n) is 21.8. The standard InChI is InChI=1S/C26H33N9O2/c1-18(36)33-10-8-26(16-33)17-34(11-12-37-26)22-20-14-28-35(25(2,3)4)23(20)31-24(30-22)27-13-19-15-32-9-6-5-7-21(32)29-19/h5-7,9,14-15H,8,10-13,16-17H2,1-4H3,(H,27,30,31). The summed E-state index contributed by atoms with van der Waals surface area (Å²) in [7, 11) is 0. The Morgan fingerprint density at radius 3 is 2.78 bits per heavy atom. The molecule has 0 aliphatic carbocycles. The summed E-state index contributed by atoms with van der Waals surface area (Å²) in [6, 6.07) is 5.94. The highest BCUT2D eigenvalue weighted by Crippen LogP contribution is 2.35. The molecule has 6 heterocycles. The van der Waals surface area contributed by atoms with Gasteiger partial charge in [0, 0.05) is 32.4 Å². The first-order valence-corrected chi connectivity index (χ1v) is 12.8. The summed E-state index contributed by atoms with van der Waals surface area (Å²) in [6.07, 6.45) is 6.67. The molecule has 11 heteroatoms. The number of pyridine rings is 1. The minimum atomic E-state index is -0.384. The molecule has 11 nitrogen and oxygen atoms in total. The number of nitrogens with one attached hydrogen (secondary N) is 1. The first-order chi connectivity index (χ1) is 17.7. The fraction of sp³-hybridized carbons (Fsp3) is 0.500. The van der Waals surface area contributed by atoms with Gasteiger partial charge in [0.2, 0.25) is 11.9 Å². The summed E-state index contributed by atoms with van der Waals surface area (Å²) >= 11 is 0. The zero-order valence-corrected chi connectivity index (χ0v) is 21.8. The number of aromatic nitrogens is 6. The lowest BCUT2D eigenvalue weighted by Gasteiger charge is -2.41. The molecule has 0 saturated carbocycles. The summed E-state index contributed by atoms with van der Waals surface area (Å²) < 4.78 is 10.2. The van der Waals surface area contributed by atoms with Crippen molar-refractivity contribution in [1.82, 2.24) is 34.0 Å². The summed E-state index contributed by atoms with van der Waals surface area (Å²) in [5.41, 5.74) is 1.96. The Kier molecular flexibility index (Phi) is 5.55. The number of nitrogens with zero attached hydrogens (tertiary/aromatic N) is 8. The summed E-state index contributed by atoms with van der Waals surface area (Å²) in [6.45, 7) is 11.7. The summed E-state index contributed by atoms with van der Waals surface area (Å²) in [5, 5.41) is 9.00. The van der Waals surface area contributed by atoms with E-state index in [-0.39, 0.29) is 17.0 Å². The minimum Gasteiger partial charge on any atom is -0.369 e. The van der Waals surface area contributed by atoms with Crippen molar-refractivity contribution < 1.29 is 9.53 Å². The van der Waals surface area contributed by atoms with E-state index < -0.39 is 0 Å². The number of imidazole rings is 1. The second-order valence-corrected chi connectivity index (χ2v) is 11.0. The number of fused-ring (bicyclic) bond motifs is 2. The minimum absolute atomic E-state index is 0.0897. The number of ether oxygens (including phenoxy) is 1. The molecule has 0 aromatic carbocycles. The molecule has 1 N–H and O–H groups in total. The number of hydrogen-bond donors (Lipinski definition) is 1. The number of likely N-dealkylation sites (tertiary alicyclic amines) is 1.